The Morgan fingerprint density at radius 1 is 1.32 bits per heavy atom. The second-order valence-corrected chi connectivity index (χ2v) is 5.29. The average molecular weight is 285 g/mol. The van der Waals surface area contributed by atoms with Crippen LogP contribution in [0.2, 0.25) is 0 Å². The molecule has 0 aliphatic rings. The van der Waals surface area contributed by atoms with E-state index in [0.29, 0.717) is 12.2 Å². The van der Waals surface area contributed by atoms with E-state index in [2.05, 4.69) is 11.6 Å². The maximum absolute atomic E-state index is 13.4. The molecule has 19 heavy (non-hydrogen) atoms. The molecule has 0 aromatic heterocycles. The third-order valence-electron chi connectivity index (χ3n) is 2.82. The van der Waals surface area contributed by atoms with E-state index in [1.165, 1.54) is 24.7 Å². The van der Waals surface area contributed by atoms with Gasteiger partial charge in [-0.2, -0.15) is 11.8 Å². The quantitative estimate of drug-likeness (QED) is 0.676. The van der Waals surface area contributed by atoms with E-state index >= 15 is 0 Å². The summed E-state index contributed by atoms with van der Waals surface area (Å²) in [4.78, 5) is 11.0. The SMILES string of the molecule is CSCCCCCCNc1cccc(F)c1C(=O)O. The Hall–Kier alpha value is -1.23. The van der Waals surface area contributed by atoms with Crippen LogP contribution in [0.25, 0.3) is 0 Å². The Morgan fingerprint density at radius 2 is 2.05 bits per heavy atom. The van der Waals surface area contributed by atoms with Crippen molar-refractivity contribution in [3.8, 4) is 0 Å². The third-order valence-corrected chi connectivity index (χ3v) is 3.52. The molecule has 1 aromatic rings. The van der Waals surface area contributed by atoms with Crippen LogP contribution in [0.4, 0.5) is 10.1 Å². The summed E-state index contributed by atoms with van der Waals surface area (Å²) >= 11 is 1.85. The van der Waals surface area contributed by atoms with Crippen molar-refractivity contribution in [2.75, 3.05) is 23.9 Å². The number of anilines is 1. The number of unbranched alkanes of at least 4 members (excludes halogenated alkanes) is 3. The molecular weight excluding hydrogens is 265 g/mol. The zero-order chi connectivity index (χ0) is 14.1. The number of nitrogens with one attached hydrogen (secondary N) is 1. The normalized spacial score (nSPS) is 10.4. The predicted octanol–water partition coefficient (Wildman–Crippen LogP) is 3.86. The van der Waals surface area contributed by atoms with Crippen LogP contribution in [0, 0.1) is 5.82 Å². The fraction of sp³-hybridized carbons (Fsp3) is 0.500. The van der Waals surface area contributed by atoms with Crippen molar-refractivity contribution in [3.05, 3.63) is 29.6 Å². The van der Waals surface area contributed by atoms with E-state index in [9.17, 15) is 9.18 Å². The number of hydrogen-bond donors (Lipinski definition) is 2. The first-order valence-electron chi connectivity index (χ1n) is 6.41. The van der Waals surface area contributed by atoms with Gasteiger partial charge < -0.3 is 10.4 Å². The highest BCUT2D eigenvalue weighted by Crippen LogP contribution is 2.19. The van der Waals surface area contributed by atoms with Crippen LogP contribution in [0.5, 0.6) is 0 Å². The van der Waals surface area contributed by atoms with Gasteiger partial charge in [0, 0.05) is 6.54 Å². The van der Waals surface area contributed by atoms with Crippen LogP contribution in [0.1, 0.15) is 36.0 Å². The molecule has 0 unspecified atom stereocenters. The minimum absolute atomic E-state index is 0.273. The Kier molecular flexibility index (Phi) is 7.33. The molecule has 0 bridgehead atoms. The van der Waals surface area contributed by atoms with E-state index in [1.54, 1.807) is 6.07 Å². The summed E-state index contributed by atoms with van der Waals surface area (Å²) in [6.45, 7) is 0.670. The van der Waals surface area contributed by atoms with Gasteiger partial charge in [-0.15, -0.1) is 0 Å². The number of benzene rings is 1. The summed E-state index contributed by atoms with van der Waals surface area (Å²) in [5.74, 6) is -0.751. The molecule has 0 saturated heterocycles. The number of carbonyl (C=O) groups is 1. The van der Waals surface area contributed by atoms with Crippen molar-refractivity contribution in [2.24, 2.45) is 0 Å². The lowest BCUT2D eigenvalue weighted by Crippen LogP contribution is -2.09. The van der Waals surface area contributed by atoms with Crippen LogP contribution in [0.3, 0.4) is 0 Å². The van der Waals surface area contributed by atoms with Crippen molar-refractivity contribution in [1.82, 2.24) is 0 Å². The Labute approximate surface area is 117 Å². The van der Waals surface area contributed by atoms with Crippen molar-refractivity contribution in [2.45, 2.75) is 25.7 Å². The topological polar surface area (TPSA) is 49.3 Å². The molecule has 3 nitrogen and oxygen atoms in total. The van der Waals surface area contributed by atoms with E-state index in [-0.39, 0.29) is 5.56 Å². The van der Waals surface area contributed by atoms with Crippen LogP contribution >= 0.6 is 11.8 Å². The maximum Gasteiger partial charge on any atom is 0.340 e. The molecule has 0 saturated carbocycles. The lowest BCUT2D eigenvalue weighted by Gasteiger charge is -2.10. The van der Waals surface area contributed by atoms with Gasteiger partial charge in [0.15, 0.2) is 0 Å². The Morgan fingerprint density at radius 3 is 2.74 bits per heavy atom. The van der Waals surface area contributed by atoms with Gasteiger partial charge in [-0.3, -0.25) is 0 Å². The minimum Gasteiger partial charge on any atom is -0.478 e. The lowest BCUT2D eigenvalue weighted by molar-refractivity contribution is 0.0693. The second-order valence-electron chi connectivity index (χ2n) is 4.30. The van der Waals surface area contributed by atoms with Gasteiger partial charge in [0.05, 0.1) is 5.69 Å². The largest absolute Gasteiger partial charge is 0.478 e. The molecule has 106 valence electrons. The van der Waals surface area contributed by atoms with Crippen LogP contribution < -0.4 is 5.32 Å². The minimum atomic E-state index is -1.24. The molecule has 1 aromatic carbocycles. The van der Waals surface area contributed by atoms with Crippen molar-refractivity contribution >= 4 is 23.4 Å². The van der Waals surface area contributed by atoms with E-state index in [0.717, 1.165) is 18.9 Å². The summed E-state index contributed by atoms with van der Waals surface area (Å²) in [7, 11) is 0. The molecule has 0 fully saturated rings. The summed E-state index contributed by atoms with van der Waals surface area (Å²) < 4.78 is 13.4. The number of halogens is 1. The average Bonchev–Trinajstić information content (AvgIpc) is 2.37. The molecule has 5 heteroatoms. The molecule has 0 atom stereocenters. The van der Waals surface area contributed by atoms with Gasteiger partial charge in [-0.05, 0) is 37.0 Å². The molecule has 0 amide bonds. The second kappa shape index (κ2) is 8.80. The zero-order valence-corrected chi connectivity index (χ0v) is 11.9. The molecule has 1 rings (SSSR count). The number of thioether (sulfide) groups is 1. The summed E-state index contributed by atoms with van der Waals surface area (Å²) in [5, 5.41) is 12.0. The fourth-order valence-corrected chi connectivity index (χ4v) is 2.33. The highest BCUT2D eigenvalue weighted by atomic mass is 32.2. The number of rotatable bonds is 9. The van der Waals surface area contributed by atoms with Gasteiger partial charge in [-0.1, -0.05) is 18.9 Å². The molecule has 0 radical (unpaired) electrons. The van der Waals surface area contributed by atoms with Crippen LogP contribution in [0.15, 0.2) is 18.2 Å². The molecule has 0 heterocycles. The van der Waals surface area contributed by atoms with Gasteiger partial charge in [0.1, 0.15) is 11.4 Å². The predicted molar refractivity (Wildman–Crippen MR) is 78.7 cm³/mol. The maximum atomic E-state index is 13.4. The third kappa shape index (κ3) is 5.51. The Balaban J connectivity index is 2.37. The number of hydrogen-bond acceptors (Lipinski definition) is 3. The lowest BCUT2D eigenvalue weighted by atomic mass is 10.1. The fourth-order valence-electron chi connectivity index (χ4n) is 1.84. The van der Waals surface area contributed by atoms with Gasteiger partial charge >= 0.3 is 5.97 Å². The van der Waals surface area contributed by atoms with Gasteiger partial charge in [0.2, 0.25) is 0 Å². The van der Waals surface area contributed by atoms with E-state index < -0.39 is 11.8 Å². The standard InChI is InChI=1S/C14H20FNO2S/c1-19-10-5-3-2-4-9-16-12-8-6-7-11(15)13(12)14(17)18/h6-8,16H,2-5,9-10H2,1H3,(H,17,18). The monoisotopic (exact) mass is 285 g/mol. The highest BCUT2D eigenvalue weighted by Gasteiger charge is 2.14. The molecular formula is C14H20FNO2S. The summed E-state index contributed by atoms with van der Waals surface area (Å²) in [6.07, 6.45) is 6.55. The van der Waals surface area contributed by atoms with Gasteiger partial charge in [0.25, 0.3) is 0 Å². The highest BCUT2D eigenvalue weighted by molar-refractivity contribution is 7.98. The zero-order valence-electron chi connectivity index (χ0n) is 11.1. The van der Waals surface area contributed by atoms with Gasteiger partial charge in [-0.25, -0.2) is 9.18 Å². The first kappa shape index (κ1) is 15.8. The molecule has 0 aliphatic heterocycles. The van der Waals surface area contributed by atoms with Crippen molar-refractivity contribution in [3.63, 3.8) is 0 Å². The number of carboxylic acid groups (broad SMARTS) is 1. The first-order valence-corrected chi connectivity index (χ1v) is 7.81. The number of aromatic carboxylic acids is 1. The van der Waals surface area contributed by atoms with Crippen molar-refractivity contribution in [1.29, 1.82) is 0 Å². The first-order chi connectivity index (χ1) is 9.16. The number of carboxylic acids is 1. The Bertz CT molecular complexity index is 412. The molecule has 0 aliphatic carbocycles. The molecule has 2 N–H and O–H groups in total. The van der Waals surface area contributed by atoms with Crippen LogP contribution in [-0.2, 0) is 0 Å². The van der Waals surface area contributed by atoms with Crippen LogP contribution in [-0.4, -0.2) is 29.6 Å². The summed E-state index contributed by atoms with van der Waals surface area (Å²) in [6, 6.07) is 4.28. The van der Waals surface area contributed by atoms with Crippen molar-refractivity contribution < 1.29 is 14.3 Å². The van der Waals surface area contributed by atoms with E-state index in [1.807, 2.05) is 11.8 Å². The molecule has 0 spiro atoms. The smallest absolute Gasteiger partial charge is 0.340 e. The van der Waals surface area contributed by atoms with E-state index in [4.69, 9.17) is 5.11 Å². The summed E-state index contributed by atoms with van der Waals surface area (Å²) in [5.41, 5.74) is 0.0847.